The molecule has 3 rings (SSSR count). The number of likely N-dealkylation sites (tertiary alicyclic amines) is 2. The number of carbonyl (C=O) groups is 2. The summed E-state index contributed by atoms with van der Waals surface area (Å²) in [6.45, 7) is 4.21. The second-order valence-electron chi connectivity index (χ2n) is 6.51. The first-order valence-electron chi connectivity index (χ1n) is 8.44. The van der Waals surface area contributed by atoms with E-state index in [2.05, 4.69) is 0 Å². The molecule has 2 amide bonds. The molecule has 2 aliphatic heterocycles. The Morgan fingerprint density at radius 3 is 2.48 bits per heavy atom. The van der Waals surface area contributed by atoms with E-state index in [4.69, 9.17) is 11.6 Å². The first-order valence-corrected chi connectivity index (χ1v) is 8.81. The Balaban J connectivity index is 1.81. The van der Waals surface area contributed by atoms with E-state index in [-0.39, 0.29) is 17.9 Å². The Morgan fingerprint density at radius 1 is 1.09 bits per heavy atom. The normalized spacial score (nSPS) is 21.6. The molecule has 1 aromatic rings. The zero-order chi connectivity index (χ0) is 16.4. The van der Waals surface area contributed by atoms with Gasteiger partial charge in [0, 0.05) is 30.2 Å². The molecule has 0 aromatic heterocycles. The molecule has 0 saturated carbocycles. The van der Waals surface area contributed by atoms with Crippen LogP contribution in [0.15, 0.2) is 18.2 Å². The molecule has 0 aliphatic carbocycles. The third-order valence-electron chi connectivity index (χ3n) is 4.87. The van der Waals surface area contributed by atoms with Gasteiger partial charge in [-0.1, -0.05) is 11.6 Å². The summed E-state index contributed by atoms with van der Waals surface area (Å²) >= 11 is 6.05. The summed E-state index contributed by atoms with van der Waals surface area (Å²) in [4.78, 5) is 29.4. The minimum absolute atomic E-state index is 0.0537. The third-order valence-corrected chi connectivity index (χ3v) is 5.30. The standard InChI is InChI=1S/C18H23ClN2O2/c1-13-12-14(7-8-15(13)19)17(22)21-11-3-2-6-16(21)18(23)20-9-4-5-10-20/h7-8,12,16H,2-6,9-11H2,1H3. The maximum atomic E-state index is 12.9. The van der Waals surface area contributed by atoms with E-state index in [9.17, 15) is 9.59 Å². The van der Waals surface area contributed by atoms with E-state index in [0.29, 0.717) is 17.1 Å². The number of benzene rings is 1. The average Bonchev–Trinajstić information content (AvgIpc) is 3.10. The molecule has 5 heteroatoms. The summed E-state index contributed by atoms with van der Waals surface area (Å²) < 4.78 is 0. The molecule has 1 aromatic carbocycles. The molecule has 1 atom stereocenters. The van der Waals surface area contributed by atoms with Crippen LogP contribution in [0.3, 0.4) is 0 Å². The van der Waals surface area contributed by atoms with Crippen molar-refractivity contribution in [3.63, 3.8) is 0 Å². The molecular weight excluding hydrogens is 312 g/mol. The van der Waals surface area contributed by atoms with Crippen molar-refractivity contribution in [2.45, 2.75) is 45.1 Å². The molecule has 2 aliphatic rings. The van der Waals surface area contributed by atoms with Crippen molar-refractivity contribution >= 4 is 23.4 Å². The Morgan fingerprint density at radius 2 is 1.78 bits per heavy atom. The van der Waals surface area contributed by atoms with Crippen LogP contribution in [0, 0.1) is 6.92 Å². The second-order valence-corrected chi connectivity index (χ2v) is 6.91. The number of halogens is 1. The molecule has 0 radical (unpaired) electrons. The first-order chi connectivity index (χ1) is 11.1. The highest BCUT2D eigenvalue weighted by atomic mass is 35.5. The maximum Gasteiger partial charge on any atom is 0.254 e. The fraction of sp³-hybridized carbons (Fsp3) is 0.556. The highest BCUT2D eigenvalue weighted by molar-refractivity contribution is 6.31. The Kier molecular flexibility index (Phi) is 4.90. The van der Waals surface area contributed by atoms with Gasteiger partial charge in [-0.3, -0.25) is 9.59 Å². The zero-order valence-corrected chi connectivity index (χ0v) is 14.3. The van der Waals surface area contributed by atoms with Gasteiger partial charge in [-0.2, -0.15) is 0 Å². The minimum atomic E-state index is -0.301. The third kappa shape index (κ3) is 3.37. The van der Waals surface area contributed by atoms with Gasteiger partial charge in [-0.25, -0.2) is 0 Å². The van der Waals surface area contributed by atoms with E-state index >= 15 is 0 Å². The van der Waals surface area contributed by atoms with Crippen LogP contribution >= 0.6 is 11.6 Å². The summed E-state index contributed by atoms with van der Waals surface area (Å²) in [7, 11) is 0. The number of rotatable bonds is 2. The van der Waals surface area contributed by atoms with Gasteiger partial charge in [0.05, 0.1) is 0 Å². The number of carbonyl (C=O) groups excluding carboxylic acids is 2. The van der Waals surface area contributed by atoms with Gasteiger partial charge in [0.25, 0.3) is 5.91 Å². The van der Waals surface area contributed by atoms with Gasteiger partial charge in [0.2, 0.25) is 5.91 Å². The monoisotopic (exact) mass is 334 g/mol. The number of piperidine rings is 1. The van der Waals surface area contributed by atoms with Crippen LogP contribution in [0.5, 0.6) is 0 Å². The molecule has 23 heavy (non-hydrogen) atoms. The van der Waals surface area contributed by atoms with E-state index in [1.807, 2.05) is 17.9 Å². The Labute approximate surface area is 142 Å². The van der Waals surface area contributed by atoms with Crippen molar-refractivity contribution in [2.75, 3.05) is 19.6 Å². The summed E-state index contributed by atoms with van der Waals surface area (Å²) in [5.41, 5.74) is 1.50. The van der Waals surface area contributed by atoms with E-state index in [1.165, 1.54) is 0 Å². The number of hydrogen-bond donors (Lipinski definition) is 0. The smallest absolute Gasteiger partial charge is 0.254 e. The molecule has 2 saturated heterocycles. The predicted octanol–water partition coefficient (Wildman–Crippen LogP) is 3.27. The second kappa shape index (κ2) is 6.91. The van der Waals surface area contributed by atoms with Crippen molar-refractivity contribution in [3.8, 4) is 0 Å². The number of amides is 2. The van der Waals surface area contributed by atoms with Gasteiger partial charge < -0.3 is 9.80 Å². The van der Waals surface area contributed by atoms with E-state index < -0.39 is 0 Å². The SMILES string of the molecule is Cc1cc(C(=O)N2CCCCC2C(=O)N2CCCC2)ccc1Cl. The van der Waals surface area contributed by atoms with Crippen LogP contribution in [0.4, 0.5) is 0 Å². The van der Waals surface area contributed by atoms with Crippen LogP contribution in [-0.2, 0) is 4.79 Å². The maximum absolute atomic E-state index is 12.9. The molecule has 2 fully saturated rings. The average molecular weight is 335 g/mol. The topological polar surface area (TPSA) is 40.6 Å². The van der Waals surface area contributed by atoms with Gasteiger partial charge >= 0.3 is 0 Å². The highest BCUT2D eigenvalue weighted by Gasteiger charge is 2.35. The van der Waals surface area contributed by atoms with Crippen molar-refractivity contribution < 1.29 is 9.59 Å². The van der Waals surface area contributed by atoms with Gasteiger partial charge in [-0.05, 0) is 62.8 Å². The van der Waals surface area contributed by atoms with Crippen LogP contribution in [0.1, 0.15) is 48.0 Å². The highest BCUT2D eigenvalue weighted by Crippen LogP contribution is 2.24. The zero-order valence-electron chi connectivity index (χ0n) is 13.6. The van der Waals surface area contributed by atoms with Crippen molar-refractivity contribution in [1.82, 2.24) is 9.80 Å². The van der Waals surface area contributed by atoms with Crippen LogP contribution < -0.4 is 0 Å². The van der Waals surface area contributed by atoms with Gasteiger partial charge in [0.15, 0.2) is 0 Å². The number of nitrogens with zero attached hydrogens (tertiary/aromatic N) is 2. The van der Waals surface area contributed by atoms with Crippen LogP contribution in [-0.4, -0.2) is 47.3 Å². The summed E-state index contributed by atoms with van der Waals surface area (Å²) in [6.07, 6.45) is 4.88. The molecule has 4 nitrogen and oxygen atoms in total. The number of aryl methyl sites for hydroxylation is 1. The molecule has 0 N–H and O–H groups in total. The Bertz CT molecular complexity index is 611. The molecule has 1 unspecified atom stereocenters. The first kappa shape index (κ1) is 16.3. The van der Waals surface area contributed by atoms with E-state index in [0.717, 1.165) is 50.8 Å². The molecule has 0 bridgehead atoms. The quantitative estimate of drug-likeness (QED) is 0.833. The fourth-order valence-electron chi connectivity index (χ4n) is 3.52. The molecular formula is C18H23ClN2O2. The lowest BCUT2D eigenvalue weighted by Gasteiger charge is -2.36. The lowest BCUT2D eigenvalue weighted by molar-refractivity contribution is -0.136. The minimum Gasteiger partial charge on any atom is -0.341 e. The summed E-state index contributed by atoms with van der Waals surface area (Å²) in [6, 6.07) is 5.02. The van der Waals surface area contributed by atoms with Crippen molar-refractivity contribution in [2.24, 2.45) is 0 Å². The lowest BCUT2D eigenvalue weighted by Crippen LogP contribution is -2.52. The van der Waals surface area contributed by atoms with Crippen LogP contribution in [0.2, 0.25) is 5.02 Å². The molecule has 2 heterocycles. The largest absolute Gasteiger partial charge is 0.341 e. The summed E-state index contributed by atoms with van der Waals surface area (Å²) in [5, 5.41) is 0.657. The van der Waals surface area contributed by atoms with Crippen molar-refractivity contribution in [1.29, 1.82) is 0 Å². The predicted molar refractivity (Wildman–Crippen MR) is 90.7 cm³/mol. The number of hydrogen-bond acceptors (Lipinski definition) is 2. The molecule has 0 spiro atoms. The van der Waals surface area contributed by atoms with Crippen molar-refractivity contribution in [3.05, 3.63) is 34.3 Å². The van der Waals surface area contributed by atoms with Crippen LogP contribution in [0.25, 0.3) is 0 Å². The van der Waals surface area contributed by atoms with E-state index in [1.54, 1.807) is 17.0 Å². The fourth-order valence-corrected chi connectivity index (χ4v) is 3.64. The van der Waals surface area contributed by atoms with Gasteiger partial charge in [-0.15, -0.1) is 0 Å². The Hall–Kier alpha value is -1.55. The molecule has 124 valence electrons. The lowest BCUT2D eigenvalue weighted by atomic mass is 9.99. The summed E-state index contributed by atoms with van der Waals surface area (Å²) in [5.74, 6) is 0.0725. The van der Waals surface area contributed by atoms with Gasteiger partial charge in [0.1, 0.15) is 6.04 Å².